The lowest BCUT2D eigenvalue weighted by molar-refractivity contribution is 0.406. The first-order valence-corrected chi connectivity index (χ1v) is 6.89. The molecule has 0 aliphatic rings. The van der Waals surface area contributed by atoms with Crippen LogP contribution in [0.1, 0.15) is 37.3 Å². The van der Waals surface area contributed by atoms with E-state index in [-0.39, 0.29) is 0 Å². The Kier molecular flexibility index (Phi) is 5.93. The van der Waals surface area contributed by atoms with Crippen molar-refractivity contribution in [1.82, 2.24) is 0 Å². The van der Waals surface area contributed by atoms with E-state index in [0.717, 1.165) is 24.3 Å². The second kappa shape index (κ2) is 7.24. The molecule has 2 nitrogen and oxygen atoms in total. The van der Waals surface area contributed by atoms with E-state index in [1.54, 1.807) is 7.11 Å². The molecule has 0 heterocycles. The number of aryl methyl sites for hydroxylation is 1. The minimum Gasteiger partial charge on any atom is -0.496 e. The molecule has 0 bridgehead atoms. The van der Waals surface area contributed by atoms with Gasteiger partial charge in [-0.2, -0.15) is 5.26 Å². The number of benzene rings is 1. The molecule has 1 aromatic carbocycles. The van der Waals surface area contributed by atoms with Gasteiger partial charge in [-0.05, 0) is 47.7 Å². The summed E-state index contributed by atoms with van der Waals surface area (Å²) in [5.74, 6) is 2.26. The molecule has 1 aromatic rings. The zero-order valence-corrected chi connectivity index (χ0v) is 11.5. The molecule has 0 spiro atoms. The molecule has 0 aliphatic heterocycles. The summed E-state index contributed by atoms with van der Waals surface area (Å²) in [6, 6.07) is 6.38. The van der Waals surface area contributed by atoms with Crippen molar-refractivity contribution in [2.75, 3.05) is 12.9 Å². The summed E-state index contributed by atoms with van der Waals surface area (Å²) in [6.45, 7) is 4.34. The van der Waals surface area contributed by atoms with Crippen LogP contribution in [0.5, 0.6) is 5.75 Å². The number of ether oxygens (including phenoxy) is 1. The highest BCUT2D eigenvalue weighted by atomic mass is 32.2. The highest BCUT2D eigenvalue weighted by molar-refractivity contribution is 8.03. The van der Waals surface area contributed by atoms with Crippen molar-refractivity contribution >= 4 is 11.8 Å². The van der Waals surface area contributed by atoms with E-state index in [1.165, 1.54) is 22.9 Å². The molecule has 92 valence electrons. The second-order valence-corrected chi connectivity index (χ2v) is 4.94. The third-order valence-corrected chi connectivity index (χ3v) is 3.52. The van der Waals surface area contributed by atoms with Gasteiger partial charge in [-0.1, -0.05) is 26.0 Å². The molecule has 0 amide bonds. The Hall–Kier alpha value is -1.14. The molecule has 17 heavy (non-hydrogen) atoms. The predicted octanol–water partition coefficient (Wildman–Crippen LogP) is 3.97. The van der Waals surface area contributed by atoms with E-state index in [9.17, 15) is 0 Å². The van der Waals surface area contributed by atoms with Crippen LogP contribution in [0.4, 0.5) is 0 Å². The number of nitriles is 1. The van der Waals surface area contributed by atoms with Crippen LogP contribution in [-0.4, -0.2) is 12.9 Å². The highest BCUT2D eigenvalue weighted by Gasteiger charge is 2.12. The van der Waals surface area contributed by atoms with E-state index < -0.39 is 0 Å². The Labute approximate surface area is 108 Å². The van der Waals surface area contributed by atoms with Gasteiger partial charge in [0.2, 0.25) is 0 Å². The Morgan fingerprint density at radius 1 is 1.47 bits per heavy atom. The van der Waals surface area contributed by atoms with Crippen LogP contribution in [0.2, 0.25) is 0 Å². The van der Waals surface area contributed by atoms with E-state index in [0.29, 0.717) is 5.92 Å². The van der Waals surface area contributed by atoms with Gasteiger partial charge >= 0.3 is 0 Å². The summed E-state index contributed by atoms with van der Waals surface area (Å²) in [4.78, 5) is 0. The molecule has 0 radical (unpaired) electrons. The molecule has 1 rings (SSSR count). The molecular formula is C14H19NOS. The van der Waals surface area contributed by atoms with Crippen molar-refractivity contribution in [1.29, 1.82) is 5.26 Å². The number of methoxy groups -OCH3 is 1. The first-order chi connectivity index (χ1) is 8.22. The summed E-state index contributed by atoms with van der Waals surface area (Å²) in [5.41, 5.74) is 2.59. The minimum atomic E-state index is 0.428. The van der Waals surface area contributed by atoms with Gasteiger partial charge in [-0.15, -0.1) is 0 Å². The number of nitrogens with zero attached hydrogens (tertiary/aromatic N) is 1. The Morgan fingerprint density at radius 3 is 2.82 bits per heavy atom. The van der Waals surface area contributed by atoms with Gasteiger partial charge in [0.1, 0.15) is 11.2 Å². The molecule has 0 aliphatic carbocycles. The van der Waals surface area contributed by atoms with Crippen LogP contribution in [0.25, 0.3) is 0 Å². The van der Waals surface area contributed by atoms with E-state index >= 15 is 0 Å². The monoisotopic (exact) mass is 249 g/mol. The molecule has 3 heteroatoms. The summed E-state index contributed by atoms with van der Waals surface area (Å²) in [5, 5.41) is 10.6. The van der Waals surface area contributed by atoms with Gasteiger partial charge in [-0.25, -0.2) is 0 Å². The predicted molar refractivity (Wildman–Crippen MR) is 73.5 cm³/mol. The lowest BCUT2D eigenvalue weighted by atomic mass is 9.95. The third-order valence-electron chi connectivity index (χ3n) is 2.95. The van der Waals surface area contributed by atoms with Crippen LogP contribution in [0.15, 0.2) is 18.2 Å². The Balaban J connectivity index is 2.82. The number of thioether (sulfide) groups is 1. The number of hydrogen-bond donors (Lipinski definition) is 0. The first-order valence-electron chi connectivity index (χ1n) is 5.90. The lowest BCUT2D eigenvalue weighted by Crippen LogP contribution is -2.00. The van der Waals surface area contributed by atoms with Gasteiger partial charge in [0.05, 0.1) is 7.11 Å². The fourth-order valence-corrected chi connectivity index (χ4v) is 2.39. The van der Waals surface area contributed by atoms with Crippen LogP contribution in [0, 0.1) is 10.7 Å². The summed E-state index contributed by atoms with van der Waals surface area (Å²) >= 11 is 1.32. The van der Waals surface area contributed by atoms with Gasteiger partial charge in [-0.3, -0.25) is 0 Å². The van der Waals surface area contributed by atoms with Crippen LogP contribution in [-0.2, 0) is 6.42 Å². The Bertz CT molecular complexity index is 398. The van der Waals surface area contributed by atoms with E-state index in [4.69, 9.17) is 10.00 Å². The summed E-state index contributed by atoms with van der Waals surface area (Å²) < 4.78 is 5.40. The quantitative estimate of drug-likeness (QED) is 0.565. The first kappa shape index (κ1) is 13.9. The molecule has 0 aromatic heterocycles. The Morgan fingerprint density at radius 2 is 2.24 bits per heavy atom. The normalized spacial score (nSPS) is 11.9. The number of rotatable bonds is 6. The maximum Gasteiger partial charge on any atom is 0.133 e. The largest absolute Gasteiger partial charge is 0.496 e. The zero-order valence-electron chi connectivity index (χ0n) is 10.7. The SMILES string of the molecule is CCc1ccc(OC)c(C(C)CCSC#N)c1. The fraction of sp³-hybridized carbons (Fsp3) is 0.500. The maximum atomic E-state index is 8.52. The summed E-state index contributed by atoms with van der Waals surface area (Å²) in [7, 11) is 1.71. The van der Waals surface area contributed by atoms with Crippen molar-refractivity contribution in [2.24, 2.45) is 0 Å². The van der Waals surface area contributed by atoms with Crippen LogP contribution < -0.4 is 4.74 Å². The molecule has 0 fully saturated rings. The van der Waals surface area contributed by atoms with Crippen LogP contribution in [0.3, 0.4) is 0 Å². The van der Waals surface area contributed by atoms with Gasteiger partial charge < -0.3 is 4.74 Å². The minimum absolute atomic E-state index is 0.428. The molecule has 0 N–H and O–H groups in total. The molecule has 0 saturated heterocycles. The van der Waals surface area contributed by atoms with E-state index in [1.807, 2.05) is 6.07 Å². The summed E-state index contributed by atoms with van der Waals surface area (Å²) in [6.07, 6.45) is 2.04. The van der Waals surface area contributed by atoms with Crippen LogP contribution >= 0.6 is 11.8 Å². The van der Waals surface area contributed by atoms with Crippen molar-refractivity contribution in [2.45, 2.75) is 32.6 Å². The van der Waals surface area contributed by atoms with Gasteiger partial charge in [0.25, 0.3) is 0 Å². The average molecular weight is 249 g/mol. The maximum absolute atomic E-state index is 8.52. The molecule has 0 saturated carbocycles. The van der Waals surface area contributed by atoms with Gasteiger partial charge in [0, 0.05) is 5.75 Å². The zero-order chi connectivity index (χ0) is 12.7. The second-order valence-electron chi connectivity index (χ2n) is 4.06. The topological polar surface area (TPSA) is 33.0 Å². The van der Waals surface area contributed by atoms with Gasteiger partial charge in [0.15, 0.2) is 0 Å². The lowest BCUT2D eigenvalue weighted by Gasteiger charge is -2.16. The van der Waals surface area contributed by atoms with E-state index in [2.05, 4.69) is 31.4 Å². The third kappa shape index (κ3) is 3.98. The number of thiocyanates is 1. The fourth-order valence-electron chi connectivity index (χ4n) is 1.83. The molecule has 1 atom stereocenters. The average Bonchev–Trinajstić information content (AvgIpc) is 2.38. The molecule has 1 unspecified atom stereocenters. The highest BCUT2D eigenvalue weighted by Crippen LogP contribution is 2.30. The van der Waals surface area contributed by atoms with Crippen molar-refractivity contribution in [3.63, 3.8) is 0 Å². The standard InChI is InChI=1S/C14H19NOS/c1-4-12-5-6-14(16-3)13(9-12)11(2)7-8-17-10-15/h5-6,9,11H,4,7-8H2,1-3H3. The van der Waals surface area contributed by atoms with Crippen molar-refractivity contribution in [3.8, 4) is 11.2 Å². The van der Waals surface area contributed by atoms with Crippen molar-refractivity contribution < 1.29 is 4.74 Å². The number of hydrogen-bond acceptors (Lipinski definition) is 3. The smallest absolute Gasteiger partial charge is 0.133 e. The molecular weight excluding hydrogens is 230 g/mol. The van der Waals surface area contributed by atoms with Crippen molar-refractivity contribution in [3.05, 3.63) is 29.3 Å².